The lowest BCUT2D eigenvalue weighted by Crippen LogP contribution is -2.35. The molecule has 21 heavy (non-hydrogen) atoms. The van der Waals surface area contributed by atoms with Gasteiger partial charge in [0.25, 0.3) is 0 Å². The van der Waals surface area contributed by atoms with E-state index in [-0.39, 0.29) is 6.04 Å². The van der Waals surface area contributed by atoms with Crippen molar-refractivity contribution < 1.29 is 0 Å². The van der Waals surface area contributed by atoms with Gasteiger partial charge in [0.1, 0.15) is 5.15 Å². The van der Waals surface area contributed by atoms with Crippen LogP contribution in [0.25, 0.3) is 0 Å². The van der Waals surface area contributed by atoms with Gasteiger partial charge in [0, 0.05) is 18.7 Å². The number of aryl methyl sites for hydroxylation is 2. The van der Waals surface area contributed by atoms with E-state index in [0.717, 1.165) is 28.7 Å². The Morgan fingerprint density at radius 3 is 2.52 bits per heavy atom. The Labute approximate surface area is 134 Å². The van der Waals surface area contributed by atoms with E-state index in [9.17, 15) is 0 Å². The molecular formula is C17H30ClN3. The van der Waals surface area contributed by atoms with Crippen molar-refractivity contribution in [2.45, 2.75) is 71.3 Å². The van der Waals surface area contributed by atoms with Crippen LogP contribution in [0.4, 0.5) is 0 Å². The number of nitrogens with two attached hydrogens (primary N) is 1. The molecule has 1 aliphatic carbocycles. The van der Waals surface area contributed by atoms with Crippen LogP contribution < -0.4 is 5.73 Å². The summed E-state index contributed by atoms with van der Waals surface area (Å²) in [6.07, 6.45) is 10.3. The Hall–Kier alpha value is -0.540. The molecule has 1 fully saturated rings. The molecule has 1 atom stereocenters. The van der Waals surface area contributed by atoms with Gasteiger partial charge in [0.05, 0.1) is 5.69 Å². The quantitative estimate of drug-likeness (QED) is 0.853. The molecule has 1 unspecified atom stereocenters. The predicted octanol–water partition coefficient (Wildman–Crippen LogP) is 4.25. The van der Waals surface area contributed by atoms with Crippen LogP contribution in [0.2, 0.25) is 5.15 Å². The molecule has 1 saturated carbocycles. The van der Waals surface area contributed by atoms with Gasteiger partial charge in [0.15, 0.2) is 0 Å². The normalized spacial score (nSPS) is 24.2. The van der Waals surface area contributed by atoms with Crippen LogP contribution in [0.5, 0.6) is 0 Å². The molecule has 0 aromatic carbocycles. The number of halogens is 1. The van der Waals surface area contributed by atoms with Gasteiger partial charge in [-0.1, -0.05) is 50.6 Å². The van der Waals surface area contributed by atoms with Crippen molar-refractivity contribution in [1.29, 1.82) is 0 Å². The molecule has 4 heteroatoms. The Morgan fingerprint density at radius 2 is 2.00 bits per heavy atom. The molecule has 0 saturated heterocycles. The summed E-state index contributed by atoms with van der Waals surface area (Å²) < 4.78 is 1.75. The highest BCUT2D eigenvalue weighted by Gasteiger charge is 2.26. The number of nitrogens with zero attached hydrogens (tertiary/aromatic N) is 2. The first kappa shape index (κ1) is 16.8. The van der Waals surface area contributed by atoms with Crippen molar-refractivity contribution in [3.8, 4) is 0 Å². The molecule has 0 amide bonds. The molecule has 1 aliphatic rings. The minimum absolute atomic E-state index is 0.220. The molecule has 0 aliphatic heterocycles. The topological polar surface area (TPSA) is 43.8 Å². The van der Waals surface area contributed by atoms with Crippen molar-refractivity contribution in [3.05, 3.63) is 16.4 Å². The van der Waals surface area contributed by atoms with Gasteiger partial charge in [-0.15, -0.1) is 0 Å². The van der Waals surface area contributed by atoms with Gasteiger partial charge >= 0.3 is 0 Å². The molecule has 0 bridgehead atoms. The number of hydrogen-bond acceptors (Lipinski definition) is 2. The Bertz CT molecular complexity index is 447. The number of unbranched alkanes of at least 4 members (excludes halogenated alkanes) is 1. The zero-order valence-corrected chi connectivity index (χ0v) is 14.5. The molecule has 1 heterocycles. The Morgan fingerprint density at radius 1 is 1.33 bits per heavy atom. The van der Waals surface area contributed by atoms with Crippen LogP contribution in [0.3, 0.4) is 0 Å². The molecule has 120 valence electrons. The fourth-order valence-corrected chi connectivity index (χ4v) is 3.96. The van der Waals surface area contributed by atoms with Crippen LogP contribution >= 0.6 is 11.6 Å². The fraction of sp³-hybridized carbons (Fsp3) is 0.824. The summed E-state index contributed by atoms with van der Waals surface area (Å²) in [6, 6.07) is 0.220. The average molecular weight is 312 g/mol. The lowest BCUT2D eigenvalue weighted by Gasteiger charge is -2.32. The number of rotatable bonds is 6. The second-order valence-electron chi connectivity index (χ2n) is 6.77. The summed E-state index contributed by atoms with van der Waals surface area (Å²) in [5.41, 5.74) is 8.64. The van der Waals surface area contributed by atoms with Gasteiger partial charge in [-0.25, -0.2) is 0 Å². The van der Waals surface area contributed by atoms with E-state index in [1.165, 1.54) is 44.9 Å². The van der Waals surface area contributed by atoms with Crippen molar-refractivity contribution in [2.75, 3.05) is 0 Å². The van der Waals surface area contributed by atoms with Crippen molar-refractivity contribution in [2.24, 2.45) is 24.6 Å². The van der Waals surface area contributed by atoms with Gasteiger partial charge in [0.2, 0.25) is 0 Å². The molecule has 0 radical (unpaired) electrons. The van der Waals surface area contributed by atoms with E-state index in [1.54, 1.807) is 4.68 Å². The van der Waals surface area contributed by atoms with E-state index in [2.05, 4.69) is 12.0 Å². The Kier molecular flexibility index (Phi) is 6.12. The molecule has 1 aromatic rings. The van der Waals surface area contributed by atoms with Crippen LogP contribution in [-0.2, 0) is 13.5 Å². The summed E-state index contributed by atoms with van der Waals surface area (Å²) in [7, 11) is 1.89. The molecule has 1 aromatic heterocycles. The fourth-order valence-electron chi connectivity index (χ4n) is 3.71. The van der Waals surface area contributed by atoms with Crippen molar-refractivity contribution >= 4 is 11.6 Å². The summed E-state index contributed by atoms with van der Waals surface area (Å²) >= 11 is 6.32. The first-order chi connectivity index (χ1) is 10.0. The van der Waals surface area contributed by atoms with Crippen LogP contribution in [-0.4, -0.2) is 15.8 Å². The lowest BCUT2D eigenvalue weighted by molar-refractivity contribution is 0.230. The maximum absolute atomic E-state index is 6.48. The highest BCUT2D eigenvalue weighted by Crippen LogP contribution is 2.34. The van der Waals surface area contributed by atoms with Crippen molar-refractivity contribution in [1.82, 2.24) is 9.78 Å². The van der Waals surface area contributed by atoms with E-state index < -0.39 is 0 Å². The van der Waals surface area contributed by atoms with Crippen LogP contribution in [0.15, 0.2) is 0 Å². The zero-order chi connectivity index (χ0) is 15.4. The Balaban J connectivity index is 1.86. The van der Waals surface area contributed by atoms with Crippen LogP contribution in [0, 0.1) is 18.8 Å². The largest absolute Gasteiger partial charge is 0.327 e. The third-order valence-electron chi connectivity index (χ3n) is 5.17. The first-order valence-corrected chi connectivity index (χ1v) is 8.84. The minimum Gasteiger partial charge on any atom is -0.327 e. The summed E-state index contributed by atoms with van der Waals surface area (Å²) in [5.74, 6) is 1.59. The third kappa shape index (κ3) is 4.23. The summed E-state index contributed by atoms with van der Waals surface area (Å²) in [6.45, 7) is 4.30. The summed E-state index contributed by atoms with van der Waals surface area (Å²) in [5, 5.41) is 5.13. The van der Waals surface area contributed by atoms with Gasteiger partial charge in [-0.3, -0.25) is 4.68 Å². The maximum Gasteiger partial charge on any atom is 0.130 e. The predicted molar refractivity (Wildman–Crippen MR) is 89.6 cm³/mol. The smallest absolute Gasteiger partial charge is 0.130 e. The van der Waals surface area contributed by atoms with E-state index in [0.29, 0.717) is 5.92 Å². The van der Waals surface area contributed by atoms with E-state index >= 15 is 0 Å². The van der Waals surface area contributed by atoms with Crippen molar-refractivity contribution in [3.63, 3.8) is 0 Å². The number of hydrogen-bond donors (Lipinski definition) is 1. The van der Waals surface area contributed by atoms with Crippen LogP contribution in [0.1, 0.15) is 63.1 Å². The second-order valence-corrected chi connectivity index (χ2v) is 7.13. The average Bonchev–Trinajstić information content (AvgIpc) is 2.72. The highest BCUT2D eigenvalue weighted by molar-refractivity contribution is 6.30. The maximum atomic E-state index is 6.48. The molecule has 2 N–H and O–H groups in total. The summed E-state index contributed by atoms with van der Waals surface area (Å²) in [4.78, 5) is 0. The van der Waals surface area contributed by atoms with E-state index in [1.807, 2.05) is 14.0 Å². The van der Waals surface area contributed by atoms with Gasteiger partial charge < -0.3 is 5.73 Å². The molecule has 2 rings (SSSR count). The third-order valence-corrected chi connectivity index (χ3v) is 5.65. The molecule has 3 nitrogen and oxygen atoms in total. The zero-order valence-electron chi connectivity index (χ0n) is 13.7. The molecule has 0 spiro atoms. The monoisotopic (exact) mass is 311 g/mol. The molecular weight excluding hydrogens is 282 g/mol. The SMILES string of the molecule is CCCCC1CCC(C(N)Cc2c(C)nn(C)c2Cl)CC1. The highest BCUT2D eigenvalue weighted by atomic mass is 35.5. The standard InChI is InChI=1S/C17H30ClN3/c1-4-5-6-13-7-9-14(10-8-13)16(19)11-15-12(2)20-21(3)17(15)18/h13-14,16H,4-11,19H2,1-3H3. The first-order valence-electron chi connectivity index (χ1n) is 8.46. The van der Waals surface area contributed by atoms with Gasteiger partial charge in [-0.2, -0.15) is 5.10 Å². The second kappa shape index (κ2) is 7.64. The lowest BCUT2D eigenvalue weighted by atomic mass is 9.76. The number of aromatic nitrogens is 2. The van der Waals surface area contributed by atoms with E-state index in [4.69, 9.17) is 17.3 Å². The minimum atomic E-state index is 0.220. The van der Waals surface area contributed by atoms with Gasteiger partial charge in [-0.05, 0) is 38.0 Å².